The van der Waals surface area contributed by atoms with Crippen molar-refractivity contribution in [2.24, 2.45) is 0 Å². The van der Waals surface area contributed by atoms with Crippen molar-refractivity contribution in [3.8, 4) is 5.75 Å². The zero-order valence-corrected chi connectivity index (χ0v) is 13.6. The first-order valence-corrected chi connectivity index (χ1v) is 7.78. The van der Waals surface area contributed by atoms with E-state index in [1.807, 2.05) is 61.5 Å². The molecule has 0 bridgehead atoms. The lowest BCUT2D eigenvalue weighted by Gasteiger charge is -2.15. The Hall–Kier alpha value is -2.33. The number of benzene rings is 2. The Morgan fingerprint density at radius 3 is 2.48 bits per heavy atom. The molecule has 0 radical (unpaired) electrons. The van der Waals surface area contributed by atoms with Crippen LogP contribution in [0.15, 0.2) is 54.6 Å². The van der Waals surface area contributed by atoms with Crippen molar-refractivity contribution in [3.05, 3.63) is 65.7 Å². The van der Waals surface area contributed by atoms with E-state index in [-0.39, 0.29) is 5.91 Å². The topological polar surface area (TPSA) is 47.6 Å². The van der Waals surface area contributed by atoms with Crippen LogP contribution in [-0.4, -0.2) is 25.2 Å². The third-order valence-corrected chi connectivity index (χ3v) is 3.36. The number of aryl methyl sites for hydroxylation is 1. The minimum atomic E-state index is -0.535. The van der Waals surface area contributed by atoms with Gasteiger partial charge in [0.2, 0.25) is 0 Å². The number of nitrogens with one attached hydrogen (secondary N) is 1. The Kier molecular flexibility index (Phi) is 6.63. The van der Waals surface area contributed by atoms with Crippen molar-refractivity contribution in [2.75, 3.05) is 13.2 Å². The molecule has 1 N–H and O–H groups in total. The number of carbonyl (C=O) groups excluding carboxylic acids is 1. The Bertz CT molecular complexity index is 596. The number of hydrogen-bond acceptors (Lipinski definition) is 3. The minimum Gasteiger partial charge on any atom is -0.481 e. The standard InChI is InChI=1S/C19H23NO3/c1-15-8-10-18(11-9-15)23-16(2)19(21)20-12-13-22-14-17-6-4-3-5-7-17/h3-11,16H,12-14H2,1-2H3,(H,20,21)/t16-/m1/s1. The summed E-state index contributed by atoms with van der Waals surface area (Å²) >= 11 is 0. The van der Waals surface area contributed by atoms with Gasteiger partial charge in [0.25, 0.3) is 5.91 Å². The van der Waals surface area contributed by atoms with E-state index < -0.39 is 6.10 Å². The average molecular weight is 313 g/mol. The summed E-state index contributed by atoms with van der Waals surface area (Å²) in [6.07, 6.45) is -0.535. The van der Waals surface area contributed by atoms with E-state index in [4.69, 9.17) is 9.47 Å². The normalized spacial score (nSPS) is 11.7. The van der Waals surface area contributed by atoms with E-state index in [1.54, 1.807) is 6.92 Å². The van der Waals surface area contributed by atoms with Crippen molar-refractivity contribution in [1.29, 1.82) is 0 Å². The van der Waals surface area contributed by atoms with Crippen LogP contribution >= 0.6 is 0 Å². The highest BCUT2D eigenvalue weighted by Crippen LogP contribution is 2.13. The van der Waals surface area contributed by atoms with Gasteiger partial charge in [-0.3, -0.25) is 4.79 Å². The third kappa shape index (κ3) is 6.12. The van der Waals surface area contributed by atoms with Crippen LogP contribution in [0.5, 0.6) is 5.75 Å². The predicted octanol–water partition coefficient (Wildman–Crippen LogP) is 3.10. The third-order valence-electron chi connectivity index (χ3n) is 3.36. The van der Waals surface area contributed by atoms with E-state index in [9.17, 15) is 4.79 Å². The molecule has 2 aromatic carbocycles. The lowest BCUT2D eigenvalue weighted by Crippen LogP contribution is -2.38. The summed E-state index contributed by atoms with van der Waals surface area (Å²) in [6.45, 7) is 5.23. The number of carbonyl (C=O) groups is 1. The molecule has 2 aromatic rings. The van der Waals surface area contributed by atoms with Crippen LogP contribution in [0.25, 0.3) is 0 Å². The van der Waals surface area contributed by atoms with E-state index in [0.29, 0.717) is 25.5 Å². The molecule has 4 heteroatoms. The molecule has 0 unspecified atom stereocenters. The van der Waals surface area contributed by atoms with Gasteiger partial charge in [-0.1, -0.05) is 48.0 Å². The van der Waals surface area contributed by atoms with E-state index >= 15 is 0 Å². The molecular formula is C19H23NO3. The Morgan fingerprint density at radius 2 is 1.78 bits per heavy atom. The fraction of sp³-hybridized carbons (Fsp3) is 0.316. The molecule has 0 aliphatic rings. The highest BCUT2D eigenvalue weighted by atomic mass is 16.5. The second-order valence-electron chi connectivity index (χ2n) is 5.40. The minimum absolute atomic E-state index is 0.145. The zero-order chi connectivity index (χ0) is 16.5. The van der Waals surface area contributed by atoms with Gasteiger partial charge >= 0.3 is 0 Å². The van der Waals surface area contributed by atoms with Crippen LogP contribution in [0, 0.1) is 6.92 Å². The summed E-state index contributed by atoms with van der Waals surface area (Å²) in [6, 6.07) is 17.6. The first kappa shape index (κ1) is 17.0. The molecule has 0 fully saturated rings. The van der Waals surface area contributed by atoms with Crippen molar-refractivity contribution >= 4 is 5.91 Å². The van der Waals surface area contributed by atoms with E-state index in [2.05, 4.69) is 5.32 Å². The quantitative estimate of drug-likeness (QED) is 0.762. The van der Waals surface area contributed by atoms with Crippen molar-refractivity contribution in [3.63, 3.8) is 0 Å². The molecule has 0 saturated heterocycles. The molecule has 0 aromatic heterocycles. The Morgan fingerprint density at radius 1 is 1.09 bits per heavy atom. The van der Waals surface area contributed by atoms with Crippen LogP contribution in [0.1, 0.15) is 18.1 Å². The van der Waals surface area contributed by atoms with Gasteiger partial charge in [-0.25, -0.2) is 0 Å². The first-order valence-electron chi connectivity index (χ1n) is 7.78. The molecular weight excluding hydrogens is 290 g/mol. The summed E-state index contributed by atoms with van der Waals surface area (Å²) in [5.74, 6) is 0.549. The molecule has 0 aliphatic heterocycles. The zero-order valence-electron chi connectivity index (χ0n) is 13.6. The monoisotopic (exact) mass is 313 g/mol. The molecule has 0 saturated carbocycles. The van der Waals surface area contributed by atoms with E-state index in [1.165, 1.54) is 0 Å². The number of hydrogen-bond donors (Lipinski definition) is 1. The second kappa shape index (κ2) is 8.96. The highest BCUT2D eigenvalue weighted by molar-refractivity contribution is 5.80. The van der Waals surface area contributed by atoms with Gasteiger partial charge in [-0.15, -0.1) is 0 Å². The SMILES string of the molecule is Cc1ccc(O[C@H](C)C(=O)NCCOCc2ccccc2)cc1. The summed E-state index contributed by atoms with van der Waals surface area (Å²) in [5, 5.41) is 2.81. The molecule has 1 amide bonds. The van der Waals surface area contributed by atoms with E-state index in [0.717, 1.165) is 11.1 Å². The molecule has 1 atom stereocenters. The fourth-order valence-electron chi connectivity index (χ4n) is 2.03. The van der Waals surface area contributed by atoms with Gasteiger partial charge in [0.1, 0.15) is 5.75 Å². The largest absolute Gasteiger partial charge is 0.481 e. The number of rotatable bonds is 8. The molecule has 0 spiro atoms. The van der Waals surface area contributed by atoms with Crippen molar-refractivity contribution < 1.29 is 14.3 Å². The van der Waals surface area contributed by atoms with Gasteiger partial charge in [0, 0.05) is 6.54 Å². The molecule has 0 heterocycles. The fourth-order valence-corrected chi connectivity index (χ4v) is 2.03. The average Bonchev–Trinajstić information content (AvgIpc) is 2.57. The molecule has 4 nitrogen and oxygen atoms in total. The van der Waals surface area contributed by atoms with Gasteiger partial charge in [0.15, 0.2) is 6.10 Å². The maximum Gasteiger partial charge on any atom is 0.260 e. The summed E-state index contributed by atoms with van der Waals surface area (Å²) < 4.78 is 11.1. The molecule has 0 aliphatic carbocycles. The number of amides is 1. The van der Waals surface area contributed by atoms with Gasteiger partial charge in [-0.05, 0) is 31.5 Å². The van der Waals surface area contributed by atoms with Crippen molar-refractivity contribution in [2.45, 2.75) is 26.6 Å². The lowest BCUT2D eigenvalue weighted by atomic mass is 10.2. The molecule has 2 rings (SSSR count). The van der Waals surface area contributed by atoms with Crippen molar-refractivity contribution in [1.82, 2.24) is 5.32 Å². The first-order chi connectivity index (χ1) is 11.1. The summed E-state index contributed by atoms with van der Waals surface area (Å²) in [7, 11) is 0. The van der Waals surface area contributed by atoms with Crippen LogP contribution in [-0.2, 0) is 16.1 Å². The molecule has 122 valence electrons. The van der Waals surface area contributed by atoms with Gasteiger partial charge in [-0.2, -0.15) is 0 Å². The van der Waals surface area contributed by atoms with Gasteiger partial charge in [0.05, 0.1) is 13.2 Å². The summed E-state index contributed by atoms with van der Waals surface area (Å²) in [5.41, 5.74) is 2.28. The van der Waals surface area contributed by atoms with Crippen LogP contribution in [0.2, 0.25) is 0 Å². The van der Waals surface area contributed by atoms with Crippen LogP contribution < -0.4 is 10.1 Å². The smallest absolute Gasteiger partial charge is 0.260 e. The van der Waals surface area contributed by atoms with Crippen LogP contribution in [0.3, 0.4) is 0 Å². The number of ether oxygens (including phenoxy) is 2. The lowest BCUT2D eigenvalue weighted by molar-refractivity contribution is -0.127. The maximum atomic E-state index is 12.0. The summed E-state index contributed by atoms with van der Waals surface area (Å²) in [4.78, 5) is 12.0. The Balaban J connectivity index is 1.63. The maximum absolute atomic E-state index is 12.0. The highest BCUT2D eigenvalue weighted by Gasteiger charge is 2.13. The van der Waals surface area contributed by atoms with Gasteiger partial charge < -0.3 is 14.8 Å². The predicted molar refractivity (Wildman–Crippen MR) is 90.4 cm³/mol. The Labute approximate surface area is 137 Å². The van der Waals surface area contributed by atoms with Crippen LogP contribution in [0.4, 0.5) is 0 Å². The second-order valence-corrected chi connectivity index (χ2v) is 5.40. The molecule has 23 heavy (non-hydrogen) atoms.